The Labute approximate surface area is 96.8 Å². The van der Waals surface area contributed by atoms with E-state index in [4.69, 9.17) is 11.5 Å². The van der Waals surface area contributed by atoms with E-state index in [1.807, 2.05) is 30.3 Å². The van der Waals surface area contributed by atoms with Crippen molar-refractivity contribution in [3.05, 3.63) is 35.9 Å². The normalized spacial score (nSPS) is 11.4. The third-order valence-electron chi connectivity index (χ3n) is 2.67. The summed E-state index contributed by atoms with van der Waals surface area (Å²) in [5.74, 6) is -0.0906. The number of carbonyl (C=O) groups is 1. The molecule has 1 aromatic rings. The van der Waals surface area contributed by atoms with Gasteiger partial charge in [-0.25, -0.2) is 0 Å². The highest BCUT2D eigenvalue weighted by atomic mass is 16.1. The average Bonchev–Trinajstić information content (AvgIpc) is 2.28. The highest BCUT2D eigenvalue weighted by Gasteiger charge is 2.27. The van der Waals surface area contributed by atoms with Crippen molar-refractivity contribution in [2.75, 3.05) is 0 Å². The average molecular weight is 220 g/mol. The lowest BCUT2D eigenvalue weighted by molar-refractivity contribution is -0.123. The fourth-order valence-corrected chi connectivity index (χ4v) is 1.55. The minimum Gasteiger partial charge on any atom is -0.307 e. The molecule has 0 aliphatic carbocycles. The van der Waals surface area contributed by atoms with Crippen molar-refractivity contribution in [3.8, 4) is 0 Å². The van der Waals surface area contributed by atoms with E-state index in [-0.39, 0.29) is 5.78 Å². The molecule has 3 nitrogen and oxygen atoms in total. The third kappa shape index (κ3) is 3.76. The monoisotopic (exact) mass is 220 g/mol. The summed E-state index contributed by atoms with van der Waals surface area (Å²) in [6.45, 7) is 2.05. The summed E-state index contributed by atoms with van der Waals surface area (Å²) >= 11 is 0. The molecule has 0 bridgehead atoms. The van der Waals surface area contributed by atoms with Gasteiger partial charge in [-0.05, 0) is 12.0 Å². The minimum atomic E-state index is -1.17. The van der Waals surface area contributed by atoms with Crippen LogP contribution in [0.15, 0.2) is 30.3 Å². The number of carbonyl (C=O) groups excluding carboxylic acids is 1. The second-order valence-electron chi connectivity index (χ2n) is 4.23. The van der Waals surface area contributed by atoms with E-state index in [1.165, 1.54) is 0 Å². The van der Waals surface area contributed by atoms with Gasteiger partial charge in [-0.2, -0.15) is 0 Å². The van der Waals surface area contributed by atoms with Gasteiger partial charge < -0.3 is 11.5 Å². The lowest BCUT2D eigenvalue weighted by Gasteiger charge is -2.22. The first kappa shape index (κ1) is 12.9. The van der Waals surface area contributed by atoms with Gasteiger partial charge in [-0.15, -0.1) is 0 Å². The van der Waals surface area contributed by atoms with Gasteiger partial charge in [0.1, 0.15) is 5.66 Å². The fourth-order valence-electron chi connectivity index (χ4n) is 1.55. The smallest absolute Gasteiger partial charge is 0.171 e. The fraction of sp³-hybridized carbons (Fsp3) is 0.462. The maximum atomic E-state index is 11.9. The molecule has 3 heteroatoms. The number of benzene rings is 1. The lowest BCUT2D eigenvalue weighted by Crippen LogP contribution is -2.56. The standard InChI is InChI=1S/C13H20N2O/c1-2-3-9-13(14,15)12(16)10-11-7-5-4-6-8-11/h4-8H,2-3,9-10,14-15H2,1H3. The van der Waals surface area contributed by atoms with Gasteiger partial charge in [0, 0.05) is 6.42 Å². The lowest BCUT2D eigenvalue weighted by atomic mass is 9.95. The van der Waals surface area contributed by atoms with Crippen LogP contribution in [-0.4, -0.2) is 11.4 Å². The topological polar surface area (TPSA) is 69.1 Å². The molecule has 0 radical (unpaired) electrons. The van der Waals surface area contributed by atoms with E-state index < -0.39 is 5.66 Å². The number of ketones is 1. The molecule has 0 spiro atoms. The summed E-state index contributed by atoms with van der Waals surface area (Å²) in [6.07, 6.45) is 2.75. The number of unbranched alkanes of at least 4 members (excludes halogenated alkanes) is 1. The Balaban J connectivity index is 2.58. The number of hydrogen-bond acceptors (Lipinski definition) is 3. The Morgan fingerprint density at radius 2 is 1.88 bits per heavy atom. The molecule has 0 unspecified atom stereocenters. The van der Waals surface area contributed by atoms with E-state index in [2.05, 4.69) is 6.92 Å². The highest BCUT2D eigenvalue weighted by molar-refractivity contribution is 5.89. The van der Waals surface area contributed by atoms with Crippen LogP contribution in [0, 0.1) is 0 Å². The summed E-state index contributed by atoms with van der Waals surface area (Å²) in [5.41, 5.74) is 11.4. The number of hydrogen-bond donors (Lipinski definition) is 2. The Hall–Kier alpha value is -1.19. The second kappa shape index (κ2) is 5.77. The van der Waals surface area contributed by atoms with Crippen LogP contribution in [0.3, 0.4) is 0 Å². The molecule has 0 amide bonds. The van der Waals surface area contributed by atoms with Crippen LogP contribution in [0.2, 0.25) is 0 Å². The van der Waals surface area contributed by atoms with Crippen molar-refractivity contribution in [2.24, 2.45) is 11.5 Å². The Kier molecular flexibility index (Phi) is 4.65. The number of nitrogens with two attached hydrogens (primary N) is 2. The van der Waals surface area contributed by atoms with Gasteiger partial charge in [0.05, 0.1) is 0 Å². The summed E-state index contributed by atoms with van der Waals surface area (Å²) in [5, 5.41) is 0. The van der Waals surface area contributed by atoms with Crippen LogP contribution in [0.5, 0.6) is 0 Å². The Morgan fingerprint density at radius 1 is 1.25 bits per heavy atom. The predicted molar refractivity (Wildman–Crippen MR) is 65.8 cm³/mol. The molecule has 0 saturated heterocycles. The summed E-state index contributed by atoms with van der Waals surface area (Å²) < 4.78 is 0. The summed E-state index contributed by atoms with van der Waals surface area (Å²) in [7, 11) is 0. The zero-order chi connectivity index (χ0) is 12.0. The third-order valence-corrected chi connectivity index (χ3v) is 2.67. The minimum absolute atomic E-state index is 0.0906. The molecule has 0 atom stereocenters. The molecule has 0 saturated carbocycles. The van der Waals surface area contributed by atoms with Crippen LogP contribution >= 0.6 is 0 Å². The molecule has 4 N–H and O–H groups in total. The Bertz CT molecular complexity index is 333. The van der Waals surface area contributed by atoms with E-state index in [1.54, 1.807) is 0 Å². The van der Waals surface area contributed by atoms with Crippen molar-refractivity contribution in [1.29, 1.82) is 0 Å². The predicted octanol–water partition coefficient (Wildman–Crippen LogP) is 1.60. The molecule has 0 heterocycles. The van der Waals surface area contributed by atoms with Crippen molar-refractivity contribution >= 4 is 5.78 Å². The first-order valence-corrected chi connectivity index (χ1v) is 5.71. The van der Waals surface area contributed by atoms with Gasteiger partial charge in [-0.3, -0.25) is 4.79 Å². The maximum absolute atomic E-state index is 11.9. The molecule has 1 aromatic carbocycles. The molecular weight excluding hydrogens is 200 g/mol. The summed E-state index contributed by atoms with van der Waals surface area (Å²) in [4.78, 5) is 11.9. The van der Waals surface area contributed by atoms with Crippen LogP contribution in [0.4, 0.5) is 0 Å². The molecular formula is C13H20N2O. The molecule has 0 aliphatic heterocycles. The Morgan fingerprint density at radius 3 is 2.44 bits per heavy atom. The van der Waals surface area contributed by atoms with E-state index >= 15 is 0 Å². The van der Waals surface area contributed by atoms with Crippen LogP contribution < -0.4 is 11.5 Å². The first-order chi connectivity index (χ1) is 7.56. The van der Waals surface area contributed by atoms with Crippen LogP contribution in [0.1, 0.15) is 31.7 Å². The van der Waals surface area contributed by atoms with Gasteiger partial charge in [-0.1, -0.05) is 50.1 Å². The molecule has 0 fully saturated rings. The maximum Gasteiger partial charge on any atom is 0.171 e. The molecule has 1 rings (SSSR count). The zero-order valence-corrected chi connectivity index (χ0v) is 9.78. The molecule has 0 aliphatic rings. The number of Topliss-reactive ketones (excluding diaryl/α,β-unsaturated/α-hetero) is 1. The van der Waals surface area contributed by atoms with Crippen molar-refractivity contribution in [3.63, 3.8) is 0 Å². The van der Waals surface area contributed by atoms with Gasteiger partial charge in [0.2, 0.25) is 0 Å². The van der Waals surface area contributed by atoms with Crippen LogP contribution in [0.25, 0.3) is 0 Å². The SMILES string of the molecule is CCCCC(N)(N)C(=O)Cc1ccccc1. The van der Waals surface area contributed by atoms with E-state index in [0.29, 0.717) is 12.8 Å². The second-order valence-corrected chi connectivity index (χ2v) is 4.23. The van der Waals surface area contributed by atoms with Crippen LogP contribution in [-0.2, 0) is 11.2 Å². The molecule has 88 valence electrons. The van der Waals surface area contributed by atoms with E-state index in [9.17, 15) is 4.79 Å². The van der Waals surface area contributed by atoms with Crippen molar-refractivity contribution < 1.29 is 4.79 Å². The quantitative estimate of drug-likeness (QED) is 0.715. The zero-order valence-electron chi connectivity index (χ0n) is 9.78. The van der Waals surface area contributed by atoms with Gasteiger partial charge in [0.25, 0.3) is 0 Å². The number of rotatable bonds is 6. The van der Waals surface area contributed by atoms with Crippen molar-refractivity contribution in [1.82, 2.24) is 0 Å². The van der Waals surface area contributed by atoms with E-state index in [0.717, 1.165) is 18.4 Å². The molecule has 16 heavy (non-hydrogen) atoms. The van der Waals surface area contributed by atoms with Gasteiger partial charge >= 0.3 is 0 Å². The van der Waals surface area contributed by atoms with Gasteiger partial charge in [0.15, 0.2) is 5.78 Å². The summed E-state index contributed by atoms with van der Waals surface area (Å²) in [6, 6.07) is 9.55. The van der Waals surface area contributed by atoms with Crippen molar-refractivity contribution in [2.45, 2.75) is 38.3 Å². The first-order valence-electron chi connectivity index (χ1n) is 5.71. The largest absolute Gasteiger partial charge is 0.307 e. The highest BCUT2D eigenvalue weighted by Crippen LogP contribution is 2.10. The molecule has 0 aromatic heterocycles.